The molecule has 0 atom stereocenters. The van der Waals surface area contributed by atoms with Crippen LogP contribution in [0.3, 0.4) is 0 Å². The van der Waals surface area contributed by atoms with E-state index in [1.54, 1.807) is 21.3 Å². The molecule has 0 unspecified atom stereocenters. The smallest absolute Gasteiger partial charge is 0.338 e. The van der Waals surface area contributed by atoms with Gasteiger partial charge in [-0.3, -0.25) is 0 Å². The molecule has 93 heavy (non-hydrogen) atoms. The third kappa shape index (κ3) is 25.8. The van der Waals surface area contributed by atoms with Gasteiger partial charge in [0.15, 0.2) is 18.9 Å². The molecular formula is C72H90O21. The number of hydrogen-bond acceptors (Lipinski definition) is 21. The standard InChI is InChI=1S/C72H90O21/c1-79-61-28-22-52(23-29-61)70-88-40-16-4-10-34-82-64(73)55-46-57-50-59(48-55)68(77)86-38-14-8-20-44-92-72(54-26-32-63(81-3)33-27-54)93-45-21-9-15-39-87-69(78)60-49-56(65(74)83-35-11-5-17-41-89-70)47-58(51-60)67(76)85-37-13-7-19-43-91-71(53-24-30-62(80-2)31-25-53)90-42-18-6-12-36-84-66(57)75/h22-33,46-51,70-72H,4-21,34-45H2,1-3H3. The maximum absolute atomic E-state index is 13.7. The van der Waals surface area contributed by atoms with Crippen molar-refractivity contribution in [2.45, 2.75) is 134 Å². The molecule has 8 rings (SSSR count). The monoisotopic (exact) mass is 1290 g/mol. The van der Waals surface area contributed by atoms with E-state index < -0.39 is 54.7 Å². The lowest BCUT2D eigenvalue weighted by molar-refractivity contribution is -0.148. The van der Waals surface area contributed by atoms with Crippen LogP contribution in [0.15, 0.2) is 109 Å². The number of benzene rings is 5. The molecule has 0 saturated carbocycles. The quantitative estimate of drug-likeness (QED) is 0.113. The van der Waals surface area contributed by atoms with Crippen LogP contribution in [0.1, 0.15) is 213 Å². The maximum atomic E-state index is 13.7. The molecule has 0 spiro atoms. The van der Waals surface area contributed by atoms with Gasteiger partial charge in [0.2, 0.25) is 0 Å². The highest BCUT2D eigenvalue weighted by molar-refractivity contribution is 6.01. The van der Waals surface area contributed by atoms with Crippen LogP contribution in [0.25, 0.3) is 0 Å². The first kappa shape index (κ1) is 72.5. The Morgan fingerprint density at radius 1 is 0.237 bits per heavy atom. The first-order valence-corrected chi connectivity index (χ1v) is 32.5. The van der Waals surface area contributed by atoms with Crippen molar-refractivity contribution < 1.29 is 99.8 Å². The summed E-state index contributed by atoms with van der Waals surface area (Å²) < 4.78 is 87.7. The molecule has 0 radical (unpaired) electrons. The topological polar surface area (TPSA) is 241 Å². The summed E-state index contributed by atoms with van der Waals surface area (Å²) in [7, 11) is 4.76. The number of carbonyl (C=O) groups is 6. The Bertz CT molecular complexity index is 2580. The Hall–Kier alpha value is -7.92. The van der Waals surface area contributed by atoms with Gasteiger partial charge in [0.25, 0.3) is 0 Å². The second kappa shape index (κ2) is 41.6. The molecule has 0 aliphatic carbocycles. The van der Waals surface area contributed by atoms with E-state index in [-0.39, 0.29) is 73.0 Å². The van der Waals surface area contributed by atoms with Gasteiger partial charge in [-0.05, 0) is 188 Å². The van der Waals surface area contributed by atoms with Crippen molar-refractivity contribution >= 4 is 35.8 Å². The van der Waals surface area contributed by atoms with Crippen molar-refractivity contribution in [2.75, 3.05) is 101 Å². The van der Waals surface area contributed by atoms with Crippen molar-refractivity contribution in [2.24, 2.45) is 0 Å². The molecule has 6 bridgehead atoms. The summed E-state index contributed by atoms with van der Waals surface area (Å²) in [5.74, 6) is -2.29. The van der Waals surface area contributed by atoms with Gasteiger partial charge in [0.1, 0.15) is 17.2 Å². The minimum Gasteiger partial charge on any atom is -0.497 e. The number of fused-ring (bicyclic) bond motifs is 48. The Labute approximate surface area is 545 Å². The average molecular weight is 1290 g/mol. The summed E-state index contributed by atoms with van der Waals surface area (Å²) in [5.41, 5.74) is 2.31. The zero-order chi connectivity index (χ0) is 65.7. The van der Waals surface area contributed by atoms with Gasteiger partial charge >= 0.3 is 35.8 Å². The van der Waals surface area contributed by atoms with Gasteiger partial charge in [0, 0.05) is 16.7 Å². The number of hydrogen-bond donors (Lipinski definition) is 0. The van der Waals surface area contributed by atoms with Gasteiger partial charge in [-0.2, -0.15) is 0 Å². The molecule has 0 amide bonds. The molecule has 21 heteroatoms. The van der Waals surface area contributed by atoms with E-state index in [9.17, 15) is 28.8 Å². The fraction of sp³-hybridized carbons (Fsp3) is 0.500. The summed E-state index contributed by atoms with van der Waals surface area (Å²) in [4.78, 5) is 82.0. The number of rotatable bonds is 6. The minimum atomic E-state index is -0.719. The Morgan fingerprint density at radius 3 is 0.559 bits per heavy atom. The van der Waals surface area contributed by atoms with Gasteiger partial charge in [-0.1, -0.05) is 36.4 Å². The molecule has 3 heterocycles. The fourth-order valence-electron chi connectivity index (χ4n) is 9.88. The maximum Gasteiger partial charge on any atom is 0.338 e. The molecule has 0 saturated heterocycles. The van der Waals surface area contributed by atoms with Crippen LogP contribution in [-0.4, -0.2) is 136 Å². The Balaban J connectivity index is 1.09. The zero-order valence-electron chi connectivity index (χ0n) is 53.9. The predicted octanol–water partition coefficient (Wildman–Crippen LogP) is 13.6. The van der Waals surface area contributed by atoms with Crippen molar-refractivity contribution in [3.63, 3.8) is 0 Å². The van der Waals surface area contributed by atoms with Gasteiger partial charge in [0.05, 0.1) is 134 Å². The highest BCUT2D eigenvalue weighted by atomic mass is 16.7. The van der Waals surface area contributed by atoms with Crippen LogP contribution in [-0.2, 0) is 56.8 Å². The third-order valence-corrected chi connectivity index (χ3v) is 15.2. The lowest BCUT2D eigenvalue weighted by atomic mass is 10.1. The van der Waals surface area contributed by atoms with Crippen molar-refractivity contribution in [3.8, 4) is 17.2 Å². The first-order valence-electron chi connectivity index (χ1n) is 32.5. The largest absolute Gasteiger partial charge is 0.497 e. The van der Waals surface area contributed by atoms with Gasteiger partial charge in [-0.15, -0.1) is 0 Å². The molecule has 0 N–H and O–H groups in total. The molecule has 3 aliphatic heterocycles. The van der Waals surface area contributed by atoms with E-state index in [2.05, 4.69) is 0 Å². The van der Waals surface area contributed by atoms with E-state index in [1.807, 2.05) is 72.8 Å². The molecule has 3 aliphatic rings. The van der Waals surface area contributed by atoms with Crippen LogP contribution >= 0.6 is 0 Å². The van der Waals surface area contributed by atoms with E-state index in [1.165, 1.54) is 36.4 Å². The SMILES string of the molecule is COc1ccc(C2OCCCCCOC(=O)c3cc4cc(c3)C(=O)OCCCCCOC(c3ccc(OC)cc3)OCCCCCOC(=O)c3cc(cc(c3)C(=O)OCCCCCOC(c3ccc(OC)cc3)OCCCCCOC4=O)C(=O)OCCCCCO2)cc1. The van der Waals surface area contributed by atoms with Gasteiger partial charge < -0.3 is 71.1 Å². The Kier molecular flexibility index (Phi) is 32.5. The molecular weight excluding hydrogens is 1200 g/mol. The van der Waals surface area contributed by atoms with Crippen LogP contribution < -0.4 is 14.2 Å². The molecule has 5 aromatic rings. The van der Waals surface area contributed by atoms with Gasteiger partial charge in [-0.25, -0.2) is 28.8 Å². The number of esters is 6. The number of methoxy groups -OCH3 is 3. The van der Waals surface area contributed by atoms with E-state index >= 15 is 0 Å². The zero-order valence-corrected chi connectivity index (χ0v) is 53.9. The highest BCUT2D eigenvalue weighted by Gasteiger charge is 2.23. The third-order valence-electron chi connectivity index (χ3n) is 15.2. The fourth-order valence-corrected chi connectivity index (χ4v) is 9.88. The second-order valence-corrected chi connectivity index (χ2v) is 22.3. The second-order valence-electron chi connectivity index (χ2n) is 22.3. The highest BCUT2D eigenvalue weighted by Crippen LogP contribution is 2.27. The summed E-state index contributed by atoms with van der Waals surface area (Å²) in [6.07, 6.45) is 8.38. The minimum absolute atomic E-state index is 0.00811. The van der Waals surface area contributed by atoms with Crippen molar-refractivity contribution in [1.82, 2.24) is 0 Å². The normalized spacial score (nSPS) is 20.5. The van der Waals surface area contributed by atoms with E-state index in [0.717, 1.165) is 16.7 Å². The van der Waals surface area contributed by atoms with E-state index in [4.69, 9.17) is 71.1 Å². The summed E-state index contributed by atoms with van der Waals surface area (Å²) >= 11 is 0. The van der Waals surface area contributed by atoms with Crippen molar-refractivity contribution in [3.05, 3.63) is 159 Å². The first-order chi connectivity index (χ1) is 45.5. The van der Waals surface area contributed by atoms with Crippen LogP contribution in [0.2, 0.25) is 0 Å². The van der Waals surface area contributed by atoms with Crippen LogP contribution in [0.4, 0.5) is 0 Å². The molecule has 504 valence electrons. The van der Waals surface area contributed by atoms with Crippen LogP contribution in [0.5, 0.6) is 17.2 Å². The Morgan fingerprint density at radius 2 is 0.398 bits per heavy atom. The molecule has 0 aromatic heterocycles. The summed E-state index contributed by atoms with van der Waals surface area (Å²) in [6.45, 7) is 2.34. The van der Waals surface area contributed by atoms with Crippen molar-refractivity contribution in [1.29, 1.82) is 0 Å². The van der Waals surface area contributed by atoms with E-state index in [0.29, 0.717) is 172 Å². The summed E-state index contributed by atoms with van der Waals surface area (Å²) in [5, 5.41) is 0. The predicted molar refractivity (Wildman–Crippen MR) is 341 cm³/mol. The average Bonchev–Trinajstić information content (AvgIpc) is 1.09. The van der Waals surface area contributed by atoms with Crippen LogP contribution in [0, 0.1) is 0 Å². The lowest BCUT2D eigenvalue weighted by Crippen LogP contribution is -2.15. The summed E-state index contributed by atoms with van der Waals surface area (Å²) in [6, 6.07) is 30.3. The molecule has 21 nitrogen and oxygen atoms in total. The lowest BCUT2D eigenvalue weighted by Gasteiger charge is -2.19. The molecule has 5 aromatic carbocycles. The molecule has 0 fully saturated rings. The number of carbonyl (C=O) groups excluding carboxylic acids is 6. The number of ether oxygens (including phenoxy) is 15.